The predicted molar refractivity (Wildman–Crippen MR) is 90.1 cm³/mol. The minimum absolute atomic E-state index is 0.112. The van der Waals surface area contributed by atoms with Crippen LogP contribution in [-0.2, 0) is 0 Å². The zero-order chi connectivity index (χ0) is 15.8. The SMILES string of the molecule is N#Cc1c(F)cccc1N1CCCC1c1nc2ccccc2s1. The summed E-state index contributed by atoms with van der Waals surface area (Å²) in [6.45, 7) is 0.818. The van der Waals surface area contributed by atoms with Crippen LogP contribution in [0.4, 0.5) is 10.1 Å². The molecule has 0 N–H and O–H groups in total. The minimum atomic E-state index is -0.458. The third kappa shape index (κ3) is 2.36. The molecule has 1 aliphatic rings. The topological polar surface area (TPSA) is 39.9 Å². The number of hydrogen-bond acceptors (Lipinski definition) is 4. The molecular weight excluding hydrogens is 309 g/mol. The van der Waals surface area contributed by atoms with Gasteiger partial charge in [-0.3, -0.25) is 0 Å². The van der Waals surface area contributed by atoms with Gasteiger partial charge in [0.2, 0.25) is 0 Å². The molecule has 0 bridgehead atoms. The molecule has 0 amide bonds. The van der Waals surface area contributed by atoms with Crippen LogP contribution in [0.5, 0.6) is 0 Å². The summed E-state index contributed by atoms with van der Waals surface area (Å²) in [7, 11) is 0. The molecule has 2 aromatic carbocycles. The Morgan fingerprint density at radius 2 is 2.09 bits per heavy atom. The van der Waals surface area contributed by atoms with Crippen molar-refractivity contribution in [2.45, 2.75) is 18.9 Å². The molecule has 5 heteroatoms. The van der Waals surface area contributed by atoms with Gasteiger partial charge in [0.1, 0.15) is 22.5 Å². The van der Waals surface area contributed by atoms with Crippen LogP contribution in [-0.4, -0.2) is 11.5 Å². The van der Waals surface area contributed by atoms with Crippen LogP contribution in [0, 0.1) is 17.1 Å². The molecule has 2 heterocycles. The molecule has 0 spiro atoms. The molecule has 1 fully saturated rings. The van der Waals surface area contributed by atoms with E-state index >= 15 is 0 Å². The van der Waals surface area contributed by atoms with Crippen molar-refractivity contribution in [2.75, 3.05) is 11.4 Å². The standard InChI is InChI=1S/C18H14FN3S/c19-13-5-3-7-15(12(13)11-20)22-10-4-8-16(22)18-21-14-6-1-2-9-17(14)23-18/h1-3,5-7,9,16H,4,8,10H2. The molecule has 3 nitrogen and oxygen atoms in total. The summed E-state index contributed by atoms with van der Waals surface area (Å²) < 4.78 is 15.1. The number of anilines is 1. The highest BCUT2D eigenvalue weighted by molar-refractivity contribution is 7.18. The minimum Gasteiger partial charge on any atom is -0.361 e. The van der Waals surface area contributed by atoms with E-state index in [0.29, 0.717) is 5.69 Å². The molecule has 1 atom stereocenters. The van der Waals surface area contributed by atoms with Gasteiger partial charge in [0, 0.05) is 6.54 Å². The Bertz CT molecular complexity index is 879. The summed E-state index contributed by atoms with van der Waals surface area (Å²) in [5.41, 5.74) is 1.80. The number of benzene rings is 2. The van der Waals surface area contributed by atoms with Gasteiger partial charge in [-0.05, 0) is 37.1 Å². The molecule has 1 unspecified atom stereocenters. The molecule has 23 heavy (non-hydrogen) atoms. The van der Waals surface area contributed by atoms with Crippen molar-refractivity contribution in [1.29, 1.82) is 5.26 Å². The third-order valence-electron chi connectivity index (χ3n) is 4.26. The lowest BCUT2D eigenvalue weighted by Gasteiger charge is -2.26. The van der Waals surface area contributed by atoms with Gasteiger partial charge in [0.15, 0.2) is 0 Å². The number of rotatable bonds is 2. The van der Waals surface area contributed by atoms with Crippen LogP contribution in [0.2, 0.25) is 0 Å². The van der Waals surface area contributed by atoms with Crippen molar-refractivity contribution in [1.82, 2.24) is 4.98 Å². The Labute approximate surface area is 137 Å². The lowest BCUT2D eigenvalue weighted by atomic mass is 10.1. The van der Waals surface area contributed by atoms with Gasteiger partial charge in [-0.2, -0.15) is 5.26 Å². The maximum Gasteiger partial charge on any atom is 0.143 e. The first-order valence-corrected chi connectivity index (χ1v) is 8.40. The van der Waals surface area contributed by atoms with Gasteiger partial charge < -0.3 is 4.90 Å². The normalized spacial score (nSPS) is 17.6. The van der Waals surface area contributed by atoms with E-state index < -0.39 is 5.82 Å². The van der Waals surface area contributed by atoms with Crippen LogP contribution in [0.25, 0.3) is 10.2 Å². The number of nitrogens with zero attached hydrogens (tertiary/aromatic N) is 3. The Morgan fingerprint density at radius 1 is 1.22 bits per heavy atom. The van der Waals surface area contributed by atoms with Gasteiger partial charge >= 0.3 is 0 Å². The smallest absolute Gasteiger partial charge is 0.143 e. The first-order chi connectivity index (χ1) is 11.3. The summed E-state index contributed by atoms with van der Waals surface area (Å²) in [5, 5.41) is 10.3. The average Bonchev–Trinajstić information content (AvgIpc) is 3.20. The molecule has 4 rings (SSSR count). The largest absolute Gasteiger partial charge is 0.361 e. The fraction of sp³-hybridized carbons (Fsp3) is 0.222. The van der Waals surface area contributed by atoms with E-state index in [9.17, 15) is 9.65 Å². The van der Waals surface area contributed by atoms with Crippen molar-refractivity contribution in [3.63, 3.8) is 0 Å². The van der Waals surface area contributed by atoms with Crippen LogP contribution < -0.4 is 4.90 Å². The van der Waals surface area contributed by atoms with E-state index in [2.05, 4.69) is 11.0 Å². The zero-order valence-electron chi connectivity index (χ0n) is 12.4. The molecule has 0 saturated carbocycles. The van der Waals surface area contributed by atoms with E-state index in [4.69, 9.17) is 4.98 Å². The number of para-hydroxylation sites is 1. The Kier molecular flexibility index (Phi) is 3.47. The molecular formula is C18H14FN3S. The maximum atomic E-state index is 13.9. The van der Waals surface area contributed by atoms with E-state index in [0.717, 1.165) is 34.6 Å². The summed E-state index contributed by atoms with van der Waals surface area (Å²) in [6.07, 6.45) is 1.99. The highest BCUT2D eigenvalue weighted by Crippen LogP contribution is 2.40. The fourth-order valence-corrected chi connectivity index (χ4v) is 4.32. The van der Waals surface area contributed by atoms with Crippen molar-refractivity contribution in [3.8, 4) is 6.07 Å². The highest BCUT2D eigenvalue weighted by Gasteiger charge is 2.30. The highest BCUT2D eigenvalue weighted by atomic mass is 32.1. The lowest BCUT2D eigenvalue weighted by molar-refractivity contribution is 0.621. The molecule has 0 radical (unpaired) electrons. The van der Waals surface area contributed by atoms with Crippen molar-refractivity contribution in [2.24, 2.45) is 0 Å². The first-order valence-electron chi connectivity index (χ1n) is 7.58. The van der Waals surface area contributed by atoms with Crippen molar-refractivity contribution < 1.29 is 4.39 Å². The van der Waals surface area contributed by atoms with Crippen LogP contribution in [0.15, 0.2) is 42.5 Å². The molecule has 114 valence electrons. The first kappa shape index (κ1) is 14.2. The monoisotopic (exact) mass is 323 g/mol. The molecule has 1 aromatic heterocycles. The number of nitriles is 1. The number of halogens is 1. The number of fused-ring (bicyclic) bond motifs is 1. The summed E-state index contributed by atoms with van der Waals surface area (Å²) in [6, 6.07) is 15.0. The molecule has 1 aliphatic heterocycles. The van der Waals surface area contributed by atoms with Crippen molar-refractivity contribution >= 4 is 27.2 Å². The summed E-state index contributed by atoms with van der Waals surface area (Å²) in [4.78, 5) is 6.87. The van der Waals surface area contributed by atoms with E-state index in [1.807, 2.05) is 30.3 Å². The third-order valence-corrected chi connectivity index (χ3v) is 5.40. The molecule has 1 saturated heterocycles. The fourth-order valence-electron chi connectivity index (χ4n) is 3.21. The van der Waals surface area contributed by atoms with Crippen molar-refractivity contribution in [3.05, 3.63) is 58.9 Å². The second-order valence-electron chi connectivity index (χ2n) is 5.62. The predicted octanol–water partition coefficient (Wildman–Crippen LogP) is 4.65. The van der Waals surface area contributed by atoms with Gasteiger partial charge in [-0.25, -0.2) is 9.37 Å². The van der Waals surface area contributed by atoms with E-state index in [1.165, 1.54) is 6.07 Å². The second-order valence-corrected chi connectivity index (χ2v) is 6.68. The quantitative estimate of drug-likeness (QED) is 0.689. The van der Waals surface area contributed by atoms with E-state index in [1.54, 1.807) is 17.4 Å². The van der Waals surface area contributed by atoms with Crippen LogP contribution in [0.1, 0.15) is 29.5 Å². The summed E-state index contributed by atoms with van der Waals surface area (Å²) >= 11 is 1.68. The Balaban J connectivity index is 1.78. The van der Waals surface area contributed by atoms with Gasteiger partial charge in [-0.1, -0.05) is 18.2 Å². The summed E-state index contributed by atoms with van der Waals surface area (Å²) in [5.74, 6) is -0.458. The average molecular weight is 323 g/mol. The second kappa shape index (κ2) is 5.64. The zero-order valence-corrected chi connectivity index (χ0v) is 13.2. The number of hydrogen-bond donors (Lipinski definition) is 0. The lowest BCUT2D eigenvalue weighted by Crippen LogP contribution is -2.23. The van der Waals surface area contributed by atoms with Gasteiger partial charge in [0.05, 0.1) is 21.9 Å². The van der Waals surface area contributed by atoms with E-state index in [-0.39, 0.29) is 11.6 Å². The number of thiazole rings is 1. The van der Waals surface area contributed by atoms with Gasteiger partial charge in [0.25, 0.3) is 0 Å². The number of aromatic nitrogens is 1. The maximum absolute atomic E-state index is 13.9. The van der Waals surface area contributed by atoms with Crippen LogP contribution in [0.3, 0.4) is 0 Å². The Hall–Kier alpha value is -2.45. The molecule has 0 aliphatic carbocycles. The van der Waals surface area contributed by atoms with Crippen LogP contribution >= 0.6 is 11.3 Å². The van der Waals surface area contributed by atoms with Gasteiger partial charge in [-0.15, -0.1) is 11.3 Å². The molecule has 3 aromatic rings. The Morgan fingerprint density at radius 3 is 2.91 bits per heavy atom.